The average Bonchev–Trinajstić information content (AvgIpc) is 3.61. The fraction of sp³-hybridized carbons (Fsp3) is 0.241. The Labute approximate surface area is 230 Å². The first-order valence-electron chi connectivity index (χ1n) is 12.8. The van der Waals surface area contributed by atoms with Crippen molar-refractivity contribution in [2.45, 2.75) is 31.8 Å². The highest BCUT2D eigenvalue weighted by molar-refractivity contribution is 5.89. The highest BCUT2D eigenvalue weighted by Gasteiger charge is 2.15. The zero-order valence-electron chi connectivity index (χ0n) is 21.8. The molecule has 0 unspecified atom stereocenters. The van der Waals surface area contributed by atoms with Crippen LogP contribution < -0.4 is 15.4 Å². The summed E-state index contributed by atoms with van der Waals surface area (Å²) in [7, 11) is 0. The fourth-order valence-electron chi connectivity index (χ4n) is 4.19. The van der Waals surface area contributed by atoms with Crippen LogP contribution in [0.2, 0.25) is 0 Å². The van der Waals surface area contributed by atoms with E-state index < -0.39 is 11.9 Å². The van der Waals surface area contributed by atoms with Gasteiger partial charge in [-0.2, -0.15) is 0 Å². The number of hydrogen-bond acceptors (Lipinski definition) is 7. The number of fused-ring (bicyclic) bond motifs is 1. The first-order chi connectivity index (χ1) is 19.3. The third-order valence-corrected chi connectivity index (χ3v) is 6.21. The second-order valence-electron chi connectivity index (χ2n) is 9.19. The van der Waals surface area contributed by atoms with Gasteiger partial charge >= 0.3 is 11.9 Å². The lowest BCUT2D eigenvalue weighted by Crippen LogP contribution is -2.28. The number of imidazole rings is 1. The number of carboxylic acids is 2. The van der Waals surface area contributed by atoms with E-state index in [0.29, 0.717) is 30.6 Å². The van der Waals surface area contributed by atoms with Gasteiger partial charge in [0.25, 0.3) is 0 Å². The molecule has 208 valence electrons. The Morgan fingerprint density at radius 3 is 2.55 bits per heavy atom. The maximum absolute atomic E-state index is 13.6. The van der Waals surface area contributed by atoms with Crippen molar-refractivity contribution in [1.82, 2.24) is 19.9 Å². The van der Waals surface area contributed by atoms with Crippen LogP contribution >= 0.6 is 0 Å². The minimum absolute atomic E-state index is 0.0894. The Morgan fingerprint density at radius 2 is 1.90 bits per heavy atom. The second-order valence-corrected chi connectivity index (χ2v) is 9.19. The van der Waals surface area contributed by atoms with E-state index in [-0.39, 0.29) is 11.9 Å². The van der Waals surface area contributed by atoms with Crippen molar-refractivity contribution in [2.24, 2.45) is 0 Å². The van der Waals surface area contributed by atoms with Crippen molar-refractivity contribution in [2.75, 3.05) is 18.5 Å². The van der Waals surface area contributed by atoms with Gasteiger partial charge in [-0.25, -0.2) is 23.5 Å². The second kappa shape index (κ2) is 13.3. The lowest BCUT2D eigenvalue weighted by molar-refractivity contribution is -0.134. The molecule has 1 aliphatic heterocycles. The van der Waals surface area contributed by atoms with Gasteiger partial charge in [-0.1, -0.05) is 12.1 Å². The number of ether oxygens (including phenoxy) is 1. The van der Waals surface area contributed by atoms with E-state index in [4.69, 9.17) is 20.0 Å². The van der Waals surface area contributed by atoms with E-state index in [9.17, 15) is 14.0 Å². The van der Waals surface area contributed by atoms with Crippen molar-refractivity contribution in [3.05, 3.63) is 90.4 Å². The smallest absolute Gasteiger partial charge is 0.328 e. The molecule has 3 heterocycles. The van der Waals surface area contributed by atoms with E-state index in [1.165, 1.54) is 25.0 Å². The van der Waals surface area contributed by atoms with Gasteiger partial charge in [-0.15, -0.1) is 5.10 Å². The molecule has 4 aromatic rings. The van der Waals surface area contributed by atoms with Crippen LogP contribution in [-0.4, -0.2) is 55.9 Å². The Balaban J connectivity index is 0.000000406. The van der Waals surface area contributed by atoms with Crippen LogP contribution in [0.3, 0.4) is 0 Å². The summed E-state index contributed by atoms with van der Waals surface area (Å²) in [6.07, 6.45) is 5.32. The molecule has 40 heavy (non-hydrogen) atoms. The molecule has 11 heteroatoms. The van der Waals surface area contributed by atoms with Crippen LogP contribution in [0, 0.1) is 5.82 Å². The van der Waals surface area contributed by atoms with Gasteiger partial charge in [0.15, 0.2) is 5.65 Å². The molecule has 10 nitrogen and oxygen atoms in total. The summed E-state index contributed by atoms with van der Waals surface area (Å²) in [6, 6.07) is 18.8. The highest BCUT2D eigenvalue weighted by atomic mass is 19.1. The topological polar surface area (TPSA) is 138 Å². The van der Waals surface area contributed by atoms with Crippen LogP contribution in [0.1, 0.15) is 31.4 Å². The number of aromatic nitrogens is 3. The molecular weight excluding hydrogens is 517 g/mol. The van der Waals surface area contributed by atoms with Gasteiger partial charge in [-0.3, -0.25) is 0 Å². The molecule has 5 rings (SSSR count). The third kappa shape index (κ3) is 7.87. The zero-order valence-corrected chi connectivity index (χ0v) is 21.8. The predicted molar refractivity (Wildman–Crippen MR) is 148 cm³/mol. The van der Waals surface area contributed by atoms with E-state index >= 15 is 0 Å². The van der Waals surface area contributed by atoms with Gasteiger partial charge in [-0.05, 0) is 80.4 Å². The molecule has 0 aliphatic carbocycles. The maximum Gasteiger partial charge on any atom is 0.328 e. The molecule has 0 amide bonds. The van der Waals surface area contributed by atoms with Crippen LogP contribution in [0.4, 0.5) is 10.2 Å². The third-order valence-electron chi connectivity index (χ3n) is 6.21. The van der Waals surface area contributed by atoms with Gasteiger partial charge < -0.3 is 25.6 Å². The Kier molecular flexibility index (Phi) is 9.42. The van der Waals surface area contributed by atoms with Crippen LogP contribution in [0.15, 0.2) is 79.0 Å². The molecule has 0 radical (unpaired) electrons. The van der Waals surface area contributed by atoms with Crippen LogP contribution in [0.5, 0.6) is 5.75 Å². The molecule has 1 saturated heterocycles. The number of benzene rings is 2. The number of rotatable bonds is 9. The number of nitrogens with one attached hydrogen (secondary N) is 2. The minimum Gasteiger partial charge on any atom is -0.492 e. The van der Waals surface area contributed by atoms with Crippen LogP contribution in [-0.2, 0) is 9.59 Å². The summed E-state index contributed by atoms with van der Waals surface area (Å²) in [5.41, 5.74) is 3.52. The number of carboxylic acid groups (broad SMARTS) is 2. The highest BCUT2D eigenvalue weighted by Crippen LogP contribution is 2.25. The molecule has 2 aromatic carbocycles. The molecule has 0 bridgehead atoms. The van der Waals surface area contributed by atoms with Crippen LogP contribution in [0.25, 0.3) is 16.9 Å². The summed E-state index contributed by atoms with van der Waals surface area (Å²) >= 11 is 0. The normalized spacial score (nSPS) is 15.4. The van der Waals surface area contributed by atoms with Gasteiger partial charge in [0.05, 0.1) is 17.9 Å². The summed E-state index contributed by atoms with van der Waals surface area (Å²) in [5, 5.41) is 27.1. The average molecular weight is 548 g/mol. The van der Waals surface area contributed by atoms with E-state index in [1.807, 2.05) is 60.1 Å². The van der Waals surface area contributed by atoms with Crippen molar-refractivity contribution in [1.29, 1.82) is 0 Å². The molecule has 4 N–H and O–H groups in total. The quantitative estimate of drug-likeness (QED) is 0.222. The molecule has 2 aromatic heterocycles. The Morgan fingerprint density at radius 1 is 1.15 bits per heavy atom. The monoisotopic (exact) mass is 547 g/mol. The first kappa shape index (κ1) is 28.2. The molecule has 1 fully saturated rings. The molecule has 1 aliphatic rings. The molecule has 2 atom stereocenters. The Hall–Kier alpha value is -4.77. The van der Waals surface area contributed by atoms with Gasteiger partial charge in [0.2, 0.25) is 0 Å². The fourth-order valence-corrected chi connectivity index (χ4v) is 4.19. The lowest BCUT2D eigenvalue weighted by atomic mass is 10.1. The molecular formula is C29H30FN5O5. The van der Waals surface area contributed by atoms with E-state index in [1.54, 1.807) is 6.07 Å². The van der Waals surface area contributed by atoms with Gasteiger partial charge in [0, 0.05) is 23.8 Å². The van der Waals surface area contributed by atoms with Crippen molar-refractivity contribution in [3.63, 3.8) is 0 Å². The largest absolute Gasteiger partial charge is 0.492 e. The summed E-state index contributed by atoms with van der Waals surface area (Å²) in [6.45, 7) is 3.75. The van der Waals surface area contributed by atoms with Gasteiger partial charge in [0.1, 0.15) is 24.0 Å². The van der Waals surface area contributed by atoms with Crippen molar-refractivity contribution >= 4 is 23.4 Å². The summed E-state index contributed by atoms with van der Waals surface area (Å²) in [4.78, 5) is 23.6. The number of anilines is 1. The maximum atomic E-state index is 13.6. The standard InChI is InChI=1S/C25H26FN5O.C4H4O4/c1-17(19-4-2-5-20(26)14-19)29-24-11-12-25-28-15-23(31(25)30-24)18-7-9-22(10-8-18)32-16-21-6-3-13-27-21;5-3(6)1-2-4(7)8/h2,4-5,7-12,14-15,17,21,27H,3,6,13,16H2,1H3,(H,29,30);1-2H,(H,5,6)(H,7,8)/t17-,21+;/m1./s1. The first-order valence-corrected chi connectivity index (χ1v) is 12.8. The number of nitrogens with zero attached hydrogens (tertiary/aromatic N) is 3. The number of hydrogen-bond donors (Lipinski definition) is 4. The predicted octanol–water partition coefficient (Wildman–Crippen LogP) is 4.55. The van der Waals surface area contributed by atoms with Crippen molar-refractivity contribution < 1.29 is 28.9 Å². The number of halogens is 1. The number of aliphatic carboxylic acids is 2. The molecule has 0 spiro atoms. The Bertz CT molecular complexity index is 1470. The SMILES string of the molecule is C[C@@H](Nc1ccc2ncc(-c3ccc(OC[C@@H]4CCCN4)cc3)n2n1)c1cccc(F)c1.O=C(O)C=CC(=O)O. The molecule has 0 saturated carbocycles. The summed E-state index contributed by atoms with van der Waals surface area (Å²) < 4.78 is 21.3. The van der Waals surface area contributed by atoms with E-state index in [0.717, 1.165) is 34.8 Å². The number of carbonyl (C=O) groups is 2. The summed E-state index contributed by atoms with van der Waals surface area (Å²) in [5.74, 6) is -1.21. The lowest BCUT2D eigenvalue weighted by Gasteiger charge is -2.15. The van der Waals surface area contributed by atoms with Crippen molar-refractivity contribution in [3.8, 4) is 17.0 Å². The zero-order chi connectivity index (χ0) is 28.5. The minimum atomic E-state index is -1.26. The van der Waals surface area contributed by atoms with E-state index in [2.05, 4.69) is 15.6 Å².